The number of carbonyl (C=O) groups excluding carboxylic acids is 1. The summed E-state index contributed by atoms with van der Waals surface area (Å²) in [5.74, 6) is -0.313. The van der Waals surface area contributed by atoms with Crippen molar-refractivity contribution in [2.45, 2.75) is 117 Å². The molecule has 0 saturated heterocycles. The van der Waals surface area contributed by atoms with Crippen LogP contribution in [-0.4, -0.2) is 45.8 Å². The highest BCUT2D eigenvalue weighted by Gasteiger charge is 2.50. The maximum Gasteiger partial charge on any atom is 0.469 e. The molecule has 0 N–H and O–H groups in total. The third-order valence-electron chi connectivity index (χ3n) is 3.91. The van der Waals surface area contributed by atoms with E-state index in [2.05, 4.69) is 72.4 Å². The van der Waals surface area contributed by atoms with E-state index in [1.54, 1.807) is 6.92 Å². The van der Waals surface area contributed by atoms with Crippen molar-refractivity contribution < 1.29 is 21.9 Å². The highest BCUT2D eigenvalue weighted by atomic mass is 28.5. The highest BCUT2D eigenvalue weighted by Crippen LogP contribution is 2.31. The Bertz CT molecular complexity index is 506. The lowest BCUT2D eigenvalue weighted by atomic mass is 10.1. The molecule has 0 fully saturated rings. The standard InChI is InChI=1S/C21H48O5Si4/c1-13-14-15-16-20(23-21(22)19(2)3)17-18-30(24-27(4,5)6,25-28(7,8)9)26-29(10,11)12/h20H,2,13-18H2,1,3-12H3. The molecule has 30 heavy (non-hydrogen) atoms. The first-order valence-electron chi connectivity index (χ1n) is 11.3. The van der Waals surface area contributed by atoms with E-state index in [0.29, 0.717) is 18.0 Å². The molecule has 9 heteroatoms. The molecule has 0 amide bonds. The second kappa shape index (κ2) is 12.3. The van der Waals surface area contributed by atoms with Crippen molar-refractivity contribution in [3.8, 4) is 0 Å². The number of ether oxygens (including phenoxy) is 1. The molecular formula is C21H48O5Si4. The van der Waals surface area contributed by atoms with Gasteiger partial charge in [0.15, 0.2) is 25.0 Å². The smallest absolute Gasteiger partial charge is 0.459 e. The summed E-state index contributed by atoms with van der Waals surface area (Å²) in [6, 6.07) is 0.687. The van der Waals surface area contributed by atoms with Gasteiger partial charge in [-0.25, -0.2) is 4.79 Å². The van der Waals surface area contributed by atoms with Crippen molar-refractivity contribution in [1.29, 1.82) is 0 Å². The summed E-state index contributed by atoms with van der Waals surface area (Å²) < 4.78 is 26.0. The third kappa shape index (κ3) is 14.9. The number of carbonyl (C=O) groups is 1. The third-order valence-corrected chi connectivity index (χ3v) is 15.9. The van der Waals surface area contributed by atoms with Gasteiger partial charge in [0.05, 0.1) is 0 Å². The van der Waals surface area contributed by atoms with Crippen LogP contribution in [0.5, 0.6) is 0 Å². The van der Waals surface area contributed by atoms with Gasteiger partial charge >= 0.3 is 14.8 Å². The summed E-state index contributed by atoms with van der Waals surface area (Å²) >= 11 is 0. The average Bonchev–Trinajstić information content (AvgIpc) is 2.47. The molecule has 0 radical (unpaired) electrons. The van der Waals surface area contributed by atoms with Crippen LogP contribution in [-0.2, 0) is 21.9 Å². The maximum atomic E-state index is 12.2. The molecule has 0 aliphatic heterocycles. The van der Waals surface area contributed by atoms with E-state index in [0.717, 1.165) is 25.7 Å². The molecule has 1 atom stereocenters. The molecule has 0 rings (SSSR count). The lowest BCUT2D eigenvalue weighted by molar-refractivity contribution is -0.144. The minimum Gasteiger partial charge on any atom is -0.459 e. The number of hydrogen-bond donors (Lipinski definition) is 0. The second-order valence-electron chi connectivity index (χ2n) is 11.2. The second-order valence-corrected chi connectivity index (χ2v) is 28.2. The molecule has 0 aliphatic rings. The molecule has 5 nitrogen and oxygen atoms in total. The molecule has 0 aliphatic carbocycles. The van der Waals surface area contributed by atoms with Crippen LogP contribution < -0.4 is 0 Å². The van der Waals surface area contributed by atoms with Crippen molar-refractivity contribution in [3.05, 3.63) is 12.2 Å². The van der Waals surface area contributed by atoms with Gasteiger partial charge in [-0.3, -0.25) is 0 Å². The number of hydrogen-bond acceptors (Lipinski definition) is 5. The quantitative estimate of drug-likeness (QED) is 0.107. The Hall–Kier alpha value is -0.0425. The molecule has 0 aromatic heterocycles. The molecule has 0 saturated carbocycles. The van der Waals surface area contributed by atoms with E-state index in [4.69, 9.17) is 17.1 Å². The minimum atomic E-state index is -2.92. The van der Waals surface area contributed by atoms with Gasteiger partial charge in [-0.1, -0.05) is 26.3 Å². The molecule has 0 aromatic carbocycles. The van der Waals surface area contributed by atoms with Crippen LogP contribution >= 0.6 is 0 Å². The van der Waals surface area contributed by atoms with Crippen LogP contribution in [0.1, 0.15) is 46.0 Å². The zero-order valence-electron chi connectivity index (χ0n) is 21.6. The predicted octanol–water partition coefficient (Wildman–Crippen LogP) is 6.94. The monoisotopic (exact) mass is 492 g/mol. The fraction of sp³-hybridized carbons (Fsp3) is 0.857. The minimum absolute atomic E-state index is 0.159. The lowest BCUT2D eigenvalue weighted by Gasteiger charge is -2.43. The molecule has 0 heterocycles. The molecule has 178 valence electrons. The van der Waals surface area contributed by atoms with Crippen molar-refractivity contribution in [3.63, 3.8) is 0 Å². The van der Waals surface area contributed by atoms with Crippen LogP contribution in [0.15, 0.2) is 12.2 Å². The van der Waals surface area contributed by atoms with Crippen molar-refractivity contribution >= 4 is 39.7 Å². The van der Waals surface area contributed by atoms with E-state index in [1.807, 2.05) is 0 Å². The highest BCUT2D eigenvalue weighted by molar-refractivity contribution is 6.90. The van der Waals surface area contributed by atoms with Crippen LogP contribution in [0.25, 0.3) is 0 Å². The fourth-order valence-electron chi connectivity index (χ4n) is 3.09. The number of rotatable bonds is 15. The maximum absolute atomic E-state index is 12.2. The molecule has 0 aromatic rings. The Morgan fingerprint density at radius 1 is 0.800 bits per heavy atom. The summed E-state index contributed by atoms with van der Waals surface area (Å²) in [6.07, 6.45) is 4.70. The SMILES string of the molecule is C=C(C)C(=O)OC(CCCCC)CC[Si](O[Si](C)(C)C)(O[Si](C)(C)C)O[Si](C)(C)C. The van der Waals surface area contributed by atoms with E-state index in [9.17, 15) is 4.79 Å². The summed E-state index contributed by atoms with van der Waals surface area (Å²) in [5.41, 5.74) is 0.439. The predicted molar refractivity (Wildman–Crippen MR) is 137 cm³/mol. The molecule has 0 spiro atoms. The zero-order chi connectivity index (χ0) is 23.8. The lowest BCUT2D eigenvalue weighted by Crippen LogP contribution is -2.60. The Balaban J connectivity index is 5.75. The van der Waals surface area contributed by atoms with Crippen molar-refractivity contribution in [1.82, 2.24) is 0 Å². The molecule has 1 unspecified atom stereocenters. The van der Waals surface area contributed by atoms with E-state index < -0.39 is 33.8 Å². The van der Waals surface area contributed by atoms with E-state index >= 15 is 0 Å². The zero-order valence-corrected chi connectivity index (χ0v) is 25.6. The van der Waals surface area contributed by atoms with Gasteiger partial charge in [-0.15, -0.1) is 0 Å². The van der Waals surface area contributed by atoms with Crippen LogP contribution in [0, 0.1) is 0 Å². The summed E-state index contributed by atoms with van der Waals surface area (Å²) in [4.78, 5) is 12.2. The first-order chi connectivity index (χ1) is 13.4. The van der Waals surface area contributed by atoms with Crippen LogP contribution in [0.3, 0.4) is 0 Å². The van der Waals surface area contributed by atoms with E-state index in [-0.39, 0.29) is 12.1 Å². The van der Waals surface area contributed by atoms with Crippen LogP contribution in [0.2, 0.25) is 65.0 Å². The van der Waals surface area contributed by atoms with Gasteiger partial charge in [0.1, 0.15) is 6.10 Å². The topological polar surface area (TPSA) is 54.0 Å². The Kier molecular flexibility index (Phi) is 12.2. The Morgan fingerprint density at radius 3 is 1.57 bits per heavy atom. The Labute approximate surface area is 190 Å². The number of esters is 1. The van der Waals surface area contributed by atoms with Crippen molar-refractivity contribution in [2.24, 2.45) is 0 Å². The van der Waals surface area contributed by atoms with Crippen LogP contribution in [0.4, 0.5) is 0 Å². The first-order valence-corrected chi connectivity index (χ1v) is 23.5. The van der Waals surface area contributed by atoms with Gasteiger partial charge in [0.2, 0.25) is 0 Å². The molecular weight excluding hydrogens is 445 g/mol. The summed E-state index contributed by atoms with van der Waals surface area (Å²) in [6.45, 7) is 27.3. The number of unbranched alkanes of at least 4 members (excludes halogenated alkanes) is 2. The van der Waals surface area contributed by atoms with E-state index in [1.165, 1.54) is 0 Å². The van der Waals surface area contributed by atoms with Gasteiger partial charge in [-0.2, -0.15) is 0 Å². The van der Waals surface area contributed by atoms with Crippen molar-refractivity contribution in [2.75, 3.05) is 0 Å². The summed E-state index contributed by atoms with van der Waals surface area (Å²) in [5, 5.41) is 0. The largest absolute Gasteiger partial charge is 0.469 e. The normalized spacial score (nSPS) is 14.5. The molecule has 0 bridgehead atoms. The summed E-state index contributed by atoms with van der Waals surface area (Å²) in [7, 11) is -8.65. The average molecular weight is 493 g/mol. The van der Waals surface area contributed by atoms with Gasteiger partial charge in [0.25, 0.3) is 0 Å². The van der Waals surface area contributed by atoms with Gasteiger partial charge < -0.3 is 17.1 Å². The Morgan fingerprint density at radius 2 is 1.23 bits per heavy atom. The first kappa shape index (κ1) is 30.0. The van der Waals surface area contributed by atoms with Gasteiger partial charge in [0, 0.05) is 11.6 Å². The van der Waals surface area contributed by atoms with Gasteiger partial charge in [-0.05, 0) is 85.1 Å². The fourth-order valence-corrected chi connectivity index (χ4v) is 17.8.